The summed E-state index contributed by atoms with van der Waals surface area (Å²) in [4.78, 5) is 2.20. The zero-order chi connectivity index (χ0) is 6.15. The largest absolute Gasteiger partial charge is 0.326 e. The summed E-state index contributed by atoms with van der Waals surface area (Å²) in [5, 5.41) is 0. The molecule has 10 heavy (non-hydrogen) atoms. The second-order valence-electron chi connectivity index (χ2n) is 2.77. The van der Waals surface area contributed by atoms with E-state index in [1.165, 1.54) is 12.8 Å². The zero-order valence-corrected chi connectivity index (χ0v) is 8.04. The van der Waals surface area contributed by atoms with Gasteiger partial charge < -0.3 is 10.6 Å². The van der Waals surface area contributed by atoms with E-state index in [1.807, 2.05) is 0 Å². The lowest BCUT2D eigenvalue weighted by atomic mass is 9.86. The van der Waals surface area contributed by atoms with Crippen LogP contribution in [0.3, 0.4) is 0 Å². The Kier molecular flexibility index (Phi) is 6.81. The Morgan fingerprint density at radius 2 is 1.70 bits per heavy atom. The summed E-state index contributed by atoms with van der Waals surface area (Å²) < 4.78 is 0. The summed E-state index contributed by atoms with van der Waals surface area (Å²) in [5.74, 6) is 0. The highest BCUT2D eigenvalue weighted by molar-refractivity contribution is 5.85. The van der Waals surface area contributed by atoms with Gasteiger partial charge in [-0.25, -0.2) is 0 Å². The van der Waals surface area contributed by atoms with Crippen LogP contribution >= 0.6 is 24.8 Å². The molecule has 0 saturated heterocycles. The van der Waals surface area contributed by atoms with E-state index in [-0.39, 0.29) is 24.8 Å². The van der Waals surface area contributed by atoms with Gasteiger partial charge in [0.05, 0.1) is 0 Å². The van der Waals surface area contributed by atoms with Crippen molar-refractivity contribution in [2.45, 2.75) is 24.9 Å². The van der Waals surface area contributed by atoms with E-state index in [9.17, 15) is 0 Å². The van der Waals surface area contributed by atoms with Crippen LogP contribution in [0.1, 0.15) is 12.8 Å². The average Bonchev–Trinajstić information content (AvgIpc) is 1.61. The Bertz CT molecular complexity index is 83.1. The van der Waals surface area contributed by atoms with Crippen LogP contribution in [0.4, 0.5) is 0 Å². The lowest BCUT2D eigenvalue weighted by Gasteiger charge is -2.38. The number of nitrogens with zero attached hydrogens (tertiary/aromatic N) is 1. The number of halogens is 2. The summed E-state index contributed by atoms with van der Waals surface area (Å²) in [6.07, 6.45) is 2.50. The van der Waals surface area contributed by atoms with Gasteiger partial charge in [-0.15, -0.1) is 24.8 Å². The second-order valence-corrected chi connectivity index (χ2v) is 2.77. The minimum Gasteiger partial charge on any atom is -0.326 e. The molecule has 0 unspecified atom stereocenters. The first-order chi connectivity index (χ1) is 3.72. The average molecular weight is 187 g/mol. The van der Waals surface area contributed by atoms with Crippen LogP contribution in [0.5, 0.6) is 0 Å². The smallest absolute Gasteiger partial charge is 0.0241 e. The quantitative estimate of drug-likeness (QED) is 0.660. The molecule has 2 N–H and O–H groups in total. The third kappa shape index (κ3) is 2.62. The van der Waals surface area contributed by atoms with Crippen LogP contribution in [-0.2, 0) is 0 Å². The third-order valence-electron chi connectivity index (χ3n) is 1.95. The highest BCUT2D eigenvalue weighted by Crippen LogP contribution is 2.20. The van der Waals surface area contributed by atoms with E-state index in [2.05, 4.69) is 19.0 Å². The molecule has 0 aromatic heterocycles. The molecule has 0 spiro atoms. The molecular weight excluding hydrogens is 171 g/mol. The summed E-state index contributed by atoms with van der Waals surface area (Å²) in [6, 6.07) is 1.11. The monoisotopic (exact) mass is 186 g/mol. The fraction of sp³-hybridized carbons (Fsp3) is 1.00. The Morgan fingerprint density at radius 1 is 1.20 bits per heavy atom. The molecule has 0 heterocycles. The number of nitrogens with two attached hydrogens (primary N) is 1. The van der Waals surface area contributed by atoms with Crippen LogP contribution in [0.2, 0.25) is 0 Å². The maximum absolute atomic E-state index is 5.68. The van der Waals surface area contributed by atoms with Crippen molar-refractivity contribution in [3.63, 3.8) is 0 Å². The lowest BCUT2D eigenvalue weighted by molar-refractivity contribution is 0.161. The molecule has 0 aromatic rings. The van der Waals surface area contributed by atoms with Crippen LogP contribution in [0.15, 0.2) is 0 Å². The number of rotatable bonds is 1. The van der Waals surface area contributed by atoms with Gasteiger partial charge in [0.1, 0.15) is 0 Å². The van der Waals surface area contributed by atoms with Crippen molar-refractivity contribution in [2.75, 3.05) is 14.1 Å². The molecule has 4 heteroatoms. The van der Waals surface area contributed by atoms with Crippen LogP contribution in [0.25, 0.3) is 0 Å². The molecule has 0 bridgehead atoms. The SMILES string of the molecule is CN(C)[C@@H]1CC[C@H]1N.Cl.Cl. The minimum absolute atomic E-state index is 0. The molecule has 64 valence electrons. The van der Waals surface area contributed by atoms with Crippen molar-refractivity contribution in [3.05, 3.63) is 0 Å². The van der Waals surface area contributed by atoms with Crippen molar-refractivity contribution in [2.24, 2.45) is 5.73 Å². The Hall–Kier alpha value is 0.500. The molecule has 1 fully saturated rings. The Morgan fingerprint density at radius 3 is 1.70 bits per heavy atom. The minimum atomic E-state index is 0. The van der Waals surface area contributed by atoms with Gasteiger partial charge in [0, 0.05) is 12.1 Å². The van der Waals surface area contributed by atoms with Crippen LogP contribution < -0.4 is 5.73 Å². The maximum atomic E-state index is 5.68. The normalized spacial score (nSPS) is 30.0. The van der Waals surface area contributed by atoms with Gasteiger partial charge in [0.2, 0.25) is 0 Å². The van der Waals surface area contributed by atoms with Gasteiger partial charge in [0.15, 0.2) is 0 Å². The fourth-order valence-corrected chi connectivity index (χ4v) is 1.15. The van der Waals surface area contributed by atoms with Crippen LogP contribution in [0, 0.1) is 0 Å². The van der Waals surface area contributed by atoms with Crippen molar-refractivity contribution in [1.82, 2.24) is 4.90 Å². The van der Waals surface area contributed by atoms with E-state index < -0.39 is 0 Å². The number of likely N-dealkylation sites (N-methyl/N-ethyl adjacent to an activating group) is 1. The maximum Gasteiger partial charge on any atom is 0.0241 e. The molecule has 0 radical (unpaired) electrons. The highest BCUT2D eigenvalue weighted by Gasteiger charge is 2.28. The molecule has 0 amide bonds. The van der Waals surface area contributed by atoms with Crippen LogP contribution in [-0.4, -0.2) is 31.1 Å². The molecule has 1 rings (SSSR count). The molecule has 1 aliphatic rings. The third-order valence-corrected chi connectivity index (χ3v) is 1.95. The van der Waals surface area contributed by atoms with Gasteiger partial charge in [-0.1, -0.05) is 0 Å². The summed E-state index contributed by atoms with van der Waals surface area (Å²) in [5.41, 5.74) is 5.68. The van der Waals surface area contributed by atoms with Gasteiger partial charge in [0.25, 0.3) is 0 Å². The lowest BCUT2D eigenvalue weighted by Crippen LogP contribution is -2.52. The van der Waals surface area contributed by atoms with Crippen molar-refractivity contribution in [3.8, 4) is 0 Å². The van der Waals surface area contributed by atoms with Gasteiger partial charge in [-0.05, 0) is 26.9 Å². The molecule has 1 saturated carbocycles. The predicted octanol–water partition coefficient (Wildman–Crippen LogP) is 0.881. The summed E-state index contributed by atoms with van der Waals surface area (Å²) in [7, 11) is 4.17. The molecule has 2 atom stereocenters. The molecule has 0 aliphatic heterocycles. The predicted molar refractivity (Wildman–Crippen MR) is 49.2 cm³/mol. The number of hydrogen-bond donors (Lipinski definition) is 1. The van der Waals surface area contributed by atoms with E-state index in [0.717, 1.165) is 0 Å². The summed E-state index contributed by atoms with van der Waals surface area (Å²) >= 11 is 0. The number of hydrogen-bond acceptors (Lipinski definition) is 2. The van der Waals surface area contributed by atoms with Gasteiger partial charge >= 0.3 is 0 Å². The summed E-state index contributed by atoms with van der Waals surface area (Å²) in [6.45, 7) is 0. The zero-order valence-electron chi connectivity index (χ0n) is 6.41. The molecule has 2 nitrogen and oxygen atoms in total. The topological polar surface area (TPSA) is 29.3 Å². The Balaban J connectivity index is 0. The Labute approximate surface area is 75.0 Å². The fourth-order valence-electron chi connectivity index (χ4n) is 1.15. The van der Waals surface area contributed by atoms with Crippen molar-refractivity contribution in [1.29, 1.82) is 0 Å². The first-order valence-corrected chi connectivity index (χ1v) is 3.14. The van der Waals surface area contributed by atoms with Gasteiger partial charge in [-0.3, -0.25) is 0 Å². The second kappa shape index (κ2) is 5.19. The van der Waals surface area contributed by atoms with Crippen molar-refractivity contribution >= 4 is 24.8 Å². The highest BCUT2D eigenvalue weighted by atomic mass is 35.5. The van der Waals surface area contributed by atoms with E-state index in [1.54, 1.807) is 0 Å². The van der Waals surface area contributed by atoms with E-state index in [0.29, 0.717) is 12.1 Å². The first-order valence-electron chi connectivity index (χ1n) is 3.14. The van der Waals surface area contributed by atoms with Gasteiger partial charge in [-0.2, -0.15) is 0 Å². The molecular formula is C6H16Cl2N2. The molecule has 0 aromatic carbocycles. The molecule has 1 aliphatic carbocycles. The first kappa shape index (κ1) is 13.1. The van der Waals surface area contributed by atoms with Crippen molar-refractivity contribution < 1.29 is 0 Å². The standard InChI is InChI=1S/C6H14N2.2ClH/c1-8(2)6-4-3-5(6)7;;/h5-6H,3-4,7H2,1-2H3;2*1H/t5-,6-;;/m1../s1. The van der Waals surface area contributed by atoms with E-state index >= 15 is 0 Å². The van der Waals surface area contributed by atoms with E-state index in [4.69, 9.17) is 5.73 Å².